The number of nitrogens with zero attached hydrogens (tertiary/aromatic N) is 3. The van der Waals surface area contributed by atoms with Gasteiger partial charge in [0.1, 0.15) is 5.66 Å². The van der Waals surface area contributed by atoms with E-state index in [0.29, 0.717) is 11.3 Å². The number of carbonyl (C=O) groups excluding carboxylic acids is 1. The van der Waals surface area contributed by atoms with E-state index in [1.54, 1.807) is 0 Å². The molecule has 120 valence electrons. The van der Waals surface area contributed by atoms with E-state index in [9.17, 15) is 4.79 Å². The molecule has 1 fully saturated rings. The van der Waals surface area contributed by atoms with Gasteiger partial charge < -0.3 is 9.80 Å². The number of hydrogen-bond donors (Lipinski definition) is 0. The number of piperidine rings is 1. The van der Waals surface area contributed by atoms with Crippen molar-refractivity contribution in [3.05, 3.63) is 0 Å². The van der Waals surface area contributed by atoms with Crippen LogP contribution in [0.5, 0.6) is 0 Å². The molecule has 0 unspecified atom stereocenters. The molecular formula is C17H31N3O. The zero-order valence-corrected chi connectivity index (χ0v) is 14.4. The highest BCUT2D eigenvalue weighted by Gasteiger charge is 2.42. The SMILES string of the molecule is CCCCCN1C(=O)C(N2CCC(C)(C)CC2)=NC1(C)C. The number of likely N-dealkylation sites (tertiary alicyclic amines) is 1. The topological polar surface area (TPSA) is 35.9 Å². The highest BCUT2D eigenvalue weighted by molar-refractivity contribution is 6.39. The van der Waals surface area contributed by atoms with Crippen LogP contribution in [0.3, 0.4) is 0 Å². The van der Waals surface area contributed by atoms with E-state index < -0.39 is 0 Å². The second-order valence-electron chi connectivity index (χ2n) is 7.74. The molecule has 0 aromatic heterocycles. The summed E-state index contributed by atoms with van der Waals surface area (Å²) < 4.78 is 0. The normalized spacial score (nSPS) is 24.4. The van der Waals surface area contributed by atoms with Crippen molar-refractivity contribution < 1.29 is 4.79 Å². The van der Waals surface area contributed by atoms with E-state index in [1.807, 2.05) is 4.90 Å². The first-order chi connectivity index (χ1) is 9.77. The second-order valence-corrected chi connectivity index (χ2v) is 7.74. The van der Waals surface area contributed by atoms with Crippen molar-refractivity contribution in [3.8, 4) is 0 Å². The Morgan fingerprint density at radius 1 is 1.10 bits per heavy atom. The van der Waals surface area contributed by atoms with Gasteiger partial charge in [0.25, 0.3) is 5.91 Å². The van der Waals surface area contributed by atoms with Crippen molar-refractivity contribution in [2.24, 2.45) is 10.4 Å². The van der Waals surface area contributed by atoms with Crippen LogP contribution in [0.4, 0.5) is 0 Å². The monoisotopic (exact) mass is 293 g/mol. The maximum Gasteiger partial charge on any atom is 0.291 e. The van der Waals surface area contributed by atoms with E-state index in [2.05, 4.69) is 39.5 Å². The first-order valence-corrected chi connectivity index (χ1v) is 8.44. The molecule has 0 saturated carbocycles. The molecule has 0 atom stereocenters. The van der Waals surface area contributed by atoms with Crippen molar-refractivity contribution in [2.45, 2.75) is 72.4 Å². The Balaban J connectivity index is 2.03. The van der Waals surface area contributed by atoms with Gasteiger partial charge in [0, 0.05) is 19.6 Å². The van der Waals surface area contributed by atoms with Gasteiger partial charge in [-0.25, -0.2) is 4.99 Å². The fourth-order valence-electron chi connectivity index (χ4n) is 3.16. The van der Waals surface area contributed by atoms with Crippen LogP contribution in [0.1, 0.15) is 66.7 Å². The molecule has 0 radical (unpaired) electrons. The third kappa shape index (κ3) is 3.58. The summed E-state index contributed by atoms with van der Waals surface area (Å²) in [6.45, 7) is 13.6. The molecule has 0 N–H and O–H groups in total. The Morgan fingerprint density at radius 3 is 2.29 bits per heavy atom. The molecule has 0 aromatic rings. The molecule has 0 aromatic carbocycles. The molecule has 21 heavy (non-hydrogen) atoms. The summed E-state index contributed by atoms with van der Waals surface area (Å²) >= 11 is 0. The Bertz CT molecular complexity index is 416. The lowest BCUT2D eigenvalue weighted by Crippen LogP contribution is -2.48. The first-order valence-electron chi connectivity index (χ1n) is 8.44. The standard InChI is InChI=1S/C17H31N3O/c1-6-7-8-11-20-15(21)14(18-17(20,4)5)19-12-9-16(2,3)10-13-19/h6-13H2,1-5H3. The fourth-order valence-corrected chi connectivity index (χ4v) is 3.16. The summed E-state index contributed by atoms with van der Waals surface area (Å²) in [5, 5.41) is 0. The number of unbranched alkanes of at least 4 members (excludes halogenated alkanes) is 2. The van der Waals surface area contributed by atoms with Crippen molar-refractivity contribution in [2.75, 3.05) is 19.6 Å². The quantitative estimate of drug-likeness (QED) is 0.746. The van der Waals surface area contributed by atoms with E-state index in [4.69, 9.17) is 4.99 Å². The van der Waals surface area contributed by atoms with Crippen LogP contribution in [0, 0.1) is 5.41 Å². The van der Waals surface area contributed by atoms with Crippen LogP contribution < -0.4 is 0 Å². The average Bonchev–Trinajstić information content (AvgIpc) is 2.62. The largest absolute Gasteiger partial charge is 0.352 e. The van der Waals surface area contributed by atoms with E-state index in [-0.39, 0.29) is 11.6 Å². The molecule has 2 rings (SSSR count). The predicted molar refractivity (Wildman–Crippen MR) is 87.3 cm³/mol. The van der Waals surface area contributed by atoms with Gasteiger partial charge in [0.15, 0.2) is 5.84 Å². The Hall–Kier alpha value is -1.06. The molecule has 1 amide bonds. The van der Waals surface area contributed by atoms with Crippen LogP contribution in [-0.4, -0.2) is 46.8 Å². The van der Waals surface area contributed by atoms with Crippen LogP contribution in [0.15, 0.2) is 4.99 Å². The average molecular weight is 293 g/mol. The van der Waals surface area contributed by atoms with Crippen molar-refractivity contribution in [3.63, 3.8) is 0 Å². The second kappa shape index (κ2) is 5.98. The summed E-state index contributed by atoms with van der Waals surface area (Å²) in [7, 11) is 0. The molecule has 2 aliphatic heterocycles. The van der Waals surface area contributed by atoms with Gasteiger partial charge in [-0.1, -0.05) is 33.6 Å². The van der Waals surface area contributed by atoms with Crippen LogP contribution in [-0.2, 0) is 4.79 Å². The minimum Gasteiger partial charge on any atom is -0.352 e. The lowest BCUT2D eigenvalue weighted by molar-refractivity contribution is -0.127. The van der Waals surface area contributed by atoms with Crippen LogP contribution in [0.25, 0.3) is 0 Å². The van der Waals surface area contributed by atoms with Gasteiger partial charge in [-0.3, -0.25) is 4.79 Å². The van der Waals surface area contributed by atoms with Gasteiger partial charge >= 0.3 is 0 Å². The zero-order chi connectivity index (χ0) is 15.7. The van der Waals surface area contributed by atoms with Crippen molar-refractivity contribution >= 4 is 11.7 Å². The summed E-state index contributed by atoms with van der Waals surface area (Å²) in [6, 6.07) is 0. The summed E-state index contributed by atoms with van der Waals surface area (Å²) in [4.78, 5) is 21.6. The van der Waals surface area contributed by atoms with Gasteiger partial charge in [-0.05, 0) is 38.5 Å². The highest BCUT2D eigenvalue weighted by Crippen LogP contribution is 2.32. The number of aliphatic imine (C=N–C) groups is 1. The van der Waals surface area contributed by atoms with Crippen LogP contribution >= 0.6 is 0 Å². The molecule has 2 heterocycles. The summed E-state index contributed by atoms with van der Waals surface area (Å²) in [6.07, 6.45) is 5.69. The number of carbonyl (C=O) groups is 1. The summed E-state index contributed by atoms with van der Waals surface area (Å²) in [5.41, 5.74) is 0.0160. The number of amides is 1. The Labute approximate surface area is 129 Å². The minimum atomic E-state index is -0.382. The first kappa shape index (κ1) is 16.3. The lowest BCUT2D eigenvalue weighted by atomic mass is 9.82. The number of amidine groups is 1. The maximum atomic E-state index is 12.7. The maximum absolute atomic E-state index is 12.7. The molecule has 1 saturated heterocycles. The molecule has 2 aliphatic rings. The smallest absolute Gasteiger partial charge is 0.291 e. The van der Waals surface area contributed by atoms with Crippen molar-refractivity contribution in [1.29, 1.82) is 0 Å². The molecular weight excluding hydrogens is 262 g/mol. The minimum absolute atomic E-state index is 0.135. The molecule has 4 nitrogen and oxygen atoms in total. The number of hydrogen-bond acceptors (Lipinski definition) is 3. The van der Waals surface area contributed by atoms with Gasteiger partial charge in [-0.2, -0.15) is 0 Å². The third-order valence-electron chi connectivity index (χ3n) is 4.88. The Morgan fingerprint density at radius 2 is 1.71 bits per heavy atom. The lowest BCUT2D eigenvalue weighted by Gasteiger charge is -2.37. The van der Waals surface area contributed by atoms with E-state index in [0.717, 1.165) is 38.9 Å². The van der Waals surface area contributed by atoms with Crippen LogP contribution in [0.2, 0.25) is 0 Å². The molecule has 0 bridgehead atoms. The molecule has 0 spiro atoms. The molecule has 0 aliphatic carbocycles. The van der Waals surface area contributed by atoms with Gasteiger partial charge in [0.2, 0.25) is 0 Å². The Kier molecular flexibility index (Phi) is 4.64. The summed E-state index contributed by atoms with van der Waals surface area (Å²) in [5.74, 6) is 0.836. The predicted octanol–water partition coefficient (Wildman–Crippen LogP) is 3.28. The number of rotatable bonds is 4. The van der Waals surface area contributed by atoms with E-state index >= 15 is 0 Å². The van der Waals surface area contributed by atoms with Crippen molar-refractivity contribution in [1.82, 2.24) is 9.80 Å². The third-order valence-corrected chi connectivity index (χ3v) is 4.88. The molecule has 4 heteroatoms. The van der Waals surface area contributed by atoms with E-state index in [1.165, 1.54) is 12.8 Å². The van der Waals surface area contributed by atoms with Gasteiger partial charge in [-0.15, -0.1) is 0 Å². The van der Waals surface area contributed by atoms with Gasteiger partial charge in [0.05, 0.1) is 0 Å². The zero-order valence-electron chi connectivity index (χ0n) is 14.4. The fraction of sp³-hybridized carbons (Fsp3) is 0.882. The highest BCUT2D eigenvalue weighted by atomic mass is 16.2.